The van der Waals surface area contributed by atoms with E-state index in [0.29, 0.717) is 0 Å². The fourth-order valence-electron chi connectivity index (χ4n) is 0.787. The second-order valence-electron chi connectivity index (χ2n) is 2.25. The van der Waals surface area contributed by atoms with Crippen LogP contribution in [0.15, 0.2) is 17.0 Å². The fraction of sp³-hybridized carbons (Fsp3) is 0.143. The molecule has 1 aromatic rings. The lowest BCUT2D eigenvalue weighted by Crippen LogP contribution is -2.03. The van der Waals surface area contributed by atoms with Crippen molar-refractivity contribution < 1.29 is 17.2 Å². The first-order valence-corrected chi connectivity index (χ1v) is 4.87. The van der Waals surface area contributed by atoms with Crippen LogP contribution in [0.25, 0.3) is 0 Å². The zero-order chi connectivity index (χ0) is 9.35. The van der Waals surface area contributed by atoms with Crippen LogP contribution in [-0.2, 0) is 9.84 Å². The van der Waals surface area contributed by atoms with Gasteiger partial charge >= 0.3 is 0 Å². The summed E-state index contributed by atoms with van der Waals surface area (Å²) in [5.41, 5.74) is 0. The molecule has 0 aromatic heterocycles. The van der Waals surface area contributed by atoms with E-state index in [-0.39, 0.29) is 0 Å². The van der Waals surface area contributed by atoms with Gasteiger partial charge in [-0.3, -0.25) is 0 Å². The van der Waals surface area contributed by atoms with Gasteiger partial charge in [0.1, 0.15) is 16.5 Å². The first-order chi connectivity index (χ1) is 5.43. The van der Waals surface area contributed by atoms with Crippen LogP contribution in [0.5, 0.6) is 0 Å². The molecule has 0 spiro atoms. The molecule has 1 radical (unpaired) electrons. The summed E-state index contributed by atoms with van der Waals surface area (Å²) >= 11 is 0. The molecule has 0 heterocycles. The first kappa shape index (κ1) is 9.12. The largest absolute Gasteiger partial charge is 0.224 e. The Morgan fingerprint density at radius 1 is 1.25 bits per heavy atom. The molecule has 0 aliphatic heterocycles. The molecule has 65 valence electrons. The van der Waals surface area contributed by atoms with E-state index in [2.05, 4.69) is 6.07 Å². The average Bonchev–Trinajstić information content (AvgIpc) is 1.82. The molecule has 2 nitrogen and oxygen atoms in total. The number of halogens is 2. The van der Waals surface area contributed by atoms with E-state index in [1.165, 1.54) is 0 Å². The molecule has 0 aliphatic carbocycles. The van der Waals surface area contributed by atoms with Crippen molar-refractivity contribution in [3.8, 4) is 0 Å². The predicted octanol–water partition coefficient (Wildman–Crippen LogP) is 1.17. The number of benzene rings is 1. The quantitative estimate of drug-likeness (QED) is 0.667. The lowest BCUT2D eigenvalue weighted by Gasteiger charge is -1.99. The normalized spacial score (nSPS) is 11.6. The smallest absolute Gasteiger partial charge is 0.181 e. The fourth-order valence-corrected chi connectivity index (χ4v) is 1.61. The van der Waals surface area contributed by atoms with Gasteiger partial charge in [-0.25, -0.2) is 17.2 Å². The van der Waals surface area contributed by atoms with Crippen molar-refractivity contribution >= 4 is 9.84 Å². The molecule has 5 heteroatoms. The average molecular weight is 191 g/mol. The minimum absolute atomic E-state index is 0.745. The molecule has 0 atom stereocenters. The molecular weight excluding hydrogens is 186 g/mol. The van der Waals surface area contributed by atoms with E-state index >= 15 is 0 Å². The monoisotopic (exact) mass is 191 g/mol. The van der Waals surface area contributed by atoms with E-state index in [1.54, 1.807) is 0 Å². The molecule has 1 aromatic carbocycles. The van der Waals surface area contributed by atoms with E-state index < -0.39 is 26.4 Å². The van der Waals surface area contributed by atoms with E-state index in [4.69, 9.17) is 0 Å². The van der Waals surface area contributed by atoms with Gasteiger partial charge in [0, 0.05) is 6.26 Å². The molecule has 1 rings (SSSR count). The highest BCUT2D eigenvalue weighted by Crippen LogP contribution is 2.16. The molecule has 0 aliphatic rings. The zero-order valence-electron chi connectivity index (χ0n) is 6.14. The summed E-state index contributed by atoms with van der Waals surface area (Å²) in [7, 11) is -3.83. The molecule has 0 bridgehead atoms. The maximum absolute atomic E-state index is 12.7. The highest BCUT2D eigenvalue weighted by molar-refractivity contribution is 7.90. The summed E-state index contributed by atoms with van der Waals surface area (Å²) in [5.74, 6) is -2.23. The Labute approximate surface area is 68.8 Å². The third kappa shape index (κ3) is 1.61. The minimum Gasteiger partial charge on any atom is -0.224 e. The molecule has 0 saturated carbocycles. The lowest BCUT2D eigenvalue weighted by atomic mass is 10.3. The summed E-state index contributed by atoms with van der Waals surface area (Å²) in [5, 5.41) is 0. The summed E-state index contributed by atoms with van der Waals surface area (Å²) in [6, 6.07) is 3.68. The predicted molar refractivity (Wildman–Crippen MR) is 38.3 cm³/mol. The van der Waals surface area contributed by atoms with Crippen molar-refractivity contribution in [2.75, 3.05) is 6.26 Å². The van der Waals surface area contributed by atoms with Crippen LogP contribution in [0.4, 0.5) is 8.78 Å². The van der Waals surface area contributed by atoms with Crippen LogP contribution >= 0.6 is 0 Å². The standard InChI is InChI=1S/C7H5F2O2S/c1-12(10,11)7-5(8)3-2-4-6(7)9/h3-4H,1H3. The van der Waals surface area contributed by atoms with Crippen LogP contribution in [0.3, 0.4) is 0 Å². The lowest BCUT2D eigenvalue weighted by molar-refractivity contribution is 0.521. The van der Waals surface area contributed by atoms with Crippen molar-refractivity contribution in [1.29, 1.82) is 0 Å². The Morgan fingerprint density at radius 3 is 1.92 bits per heavy atom. The topological polar surface area (TPSA) is 34.1 Å². The van der Waals surface area contributed by atoms with Crippen molar-refractivity contribution in [2.45, 2.75) is 4.90 Å². The van der Waals surface area contributed by atoms with Crippen LogP contribution in [0.2, 0.25) is 0 Å². The molecule has 0 amide bonds. The second kappa shape index (κ2) is 2.82. The van der Waals surface area contributed by atoms with E-state index in [9.17, 15) is 17.2 Å². The van der Waals surface area contributed by atoms with Gasteiger partial charge in [0.2, 0.25) is 0 Å². The summed E-state index contributed by atoms with van der Waals surface area (Å²) < 4.78 is 47.0. The number of hydrogen-bond donors (Lipinski definition) is 0. The van der Waals surface area contributed by atoms with Gasteiger partial charge < -0.3 is 0 Å². The van der Waals surface area contributed by atoms with Crippen molar-refractivity contribution in [1.82, 2.24) is 0 Å². The van der Waals surface area contributed by atoms with Gasteiger partial charge in [0.25, 0.3) is 0 Å². The molecule has 0 N–H and O–H groups in total. The van der Waals surface area contributed by atoms with Crippen LogP contribution in [0.1, 0.15) is 0 Å². The molecular formula is C7H5F2O2S. The Balaban J connectivity index is 3.53. The summed E-state index contributed by atoms with van der Waals surface area (Å²) in [6.45, 7) is 0. The van der Waals surface area contributed by atoms with Crippen molar-refractivity contribution in [3.63, 3.8) is 0 Å². The SMILES string of the molecule is CS(=O)(=O)c1c(F)c[c]cc1F. The van der Waals surface area contributed by atoms with Gasteiger partial charge in [-0.1, -0.05) is 0 Å². The molecule has 12 heavy (non-hydrogen) atoms. The minimum atomic E-state index is -3.83. The summed E-state index contributed by atoms with van der Waals surface area (Å²) in [4.78, 5) is -0.902. The number of hydrogen-bond acceptors (Lipinski definition) is 2. The van der Waals surface area contributed by atoms with Gasteiger partial charge in [-0.15, -0.1) is 0 Å². The third-order valence-corrected chi connectivity index (χ3v) is 2.36. The maximum Gasteiger partial charge on any atom is 0.181 e. The molecule has 0 fully saturated rings. The Kier molecular flexibility index (Phi) is 2.14. The number of rotatable bonds is 1. The maximum atomic E-state index is 12.7. The summed E-state index contributed by atoms with van der Waals surface area (Å²) in [6.07, 6.45) is 0.745. The van der Waals surface area contributed by atoms with Crippen LogP contribution < -0.4 is 0 Å². The zero-order valence-corrected chi connectivity index (χ0v) is 6.95. The van der Waals surface area contributed by atoms with Gasteiger partial charge in [-0.05, 0) is 18.2 Å². The van der Waals surface area contributed by atoms with Gasteiger partial charge in [0.15, 0.2) is 9.84 Å². The van der Waals surface area contributed by atoms with E-state index in [1.807, 2.05) is 0 Å². The Hall–Kier alpha value is -0.970. The second-order valence-corrected chi connectivity index (χ2v) is 4.21. The highest BCUT2D eigenvalue weighted by Gasteiger charge is 2.18. The van der Waals surface area contributed by atoms with E-state index in [0.717, 1.165) is 18.4 Å². The van der Waals surface area contributed by atoms with Crippen molar-refractivity contribution in [2.24, 2.45) is 0 Å². The van der Waals surface area contributed by atoms with Gasteiger partial charge in [-0.2, -0.15) is 0 Å². The molecule has 0 saturated heterocycles. The first-order valence-electron chi connectivity index (χ1n) is 2.98. The van der Waals surface area contributed by atoms with Crippen molar-refractivity contribution in [3.05, 3.63) is 29.8 Å². The Morgan fingerprint density at radius 2 is 1.67 bits per heavy atom. The van der Waals surface area contributed by atoms with Crippen LogP contribution in [-0.4, -0.2) is 14.7 Å². The highest BCUT2D eigenvalue weighted by atomic mass is 32.2. The molecule has 0 unspecified atom stereocenters. The Bertz CT molecular complexity index is 378. The van der Waals surface area contributed by atoms with Crippen LogP contribution in [0, 0.1) is 17.7 Å². The third-order valence-electron chi connectivity index (χ3n) is 1.22. The number of sulfone groups is 1. The van der Waals surface area contributed by atoms with Gasteiger partial charge in [0.05, 0.1) is 0 Å².